The second-order valence-electron chi connectivity index (χ2n) is 4.27. The Balaban J connectivity index is 1.99. The van der Waals surface area contributed by atoms with E-state index in [1.165, 1.54) is 19.3 Å². The van der Waals surface area contributed by atoms with Crippen molar-refractivity contribution in [2.75, 3.05) is 6.61 Å². The molecular formula is C12H23FO. The number of hydrogen-bond donors (Lipinski definition) is 0. The average Bonchev–Trinajstić information content (AvgIpc) is 2.20. The van der Waals surface area contributed by atoms with Gasteiger partial charge in [-0.1, -0.05) is 39.0 Å². The lowest BCUT2D eigenvalue weighted by molar-refractivity contribution is -0.0255. The lowest BCUT2D eigenvalue weighted by atomic mass is 9.96. The van der Waals surface area contributed by atoms with Crippen molar-refractivity contribution in [1.29, 1.82) is 0 Å². The second-order valence-corrected chi connectivity index (χ2v) is 4.27. The molecule has 0 saturated heterocycles. The van der Waals surface area contributed by atoms with Crippen LogP contribution in [0.4, 0.5) is 4.39 Å². The molecule has 1 aliphatic carbocycles. The molecule has 1 nitrogen and oxygen atoms in total. The quantitative estimate of drug-likeness (QED) is 0.594. The fourth-order valence-electron chi connectivity index (χ4n) is 2.00. The van der Waals surface area contributed by atoms with Crippen LogP contribution in [0.5, 0.6) is 0 Å². The molecule has 1 fully saturated rings. The van der Waals surface area contributed by atoms with Gasteiger partial charge in [0.2, 0.25) is 0 Å². The Hall–Kier alpha value is -0.110. The maximum Gasteiger partial charge on any atom is 0.126 e. The van der Waals surface area contributed by atoms with Crippen LogP contribution in [0.3, 0.4) is 0 Å². The van der Waals surface area contributed by atoms with Crippen molar-refractivity contribution in [3.05, 3.63) is 0 Å². The van der Waals surface area contributed by atoms with Crippen molar-refractivity contribution in [2.45, 2.75) is 70.6 Å². The van der Waals surface area contributed by atoms with Gasteiger partial charge < -0.3 is 4.74 Å². The standard InChI is InChI=1S/C12H23FO/c1-2-3-4-7-10-14-12-9-6-5-8-11(12)13/h11-12H,2-10H2,1H3/t11-,12-/m1/s1. The van der Waals surface area contributed by atoms with Crippen LogP contribution in [0.2, 0.25) is 0 Å². The van der Waals surface area contributed by atoms with Crippen molar-refractivity contribution in [1.82, 2.24) is 0 Å². The summed E-state index contributed by atoms with van der Waals surface area (Å²) >= 11 is 0. The molecule has 0 aromatic heterocycles. The van der Waals surface area contributed by atoms with E-state index < -0.39 is 6.17 Å². The molecule has 0 heterocycles. The molecule has 84 valence electrons. The van der Waals surface area contributed by atoms with E-state index in [1.54, 1.807) is 0 Å². The van der Waals surface area contributed by atoms with Gasteiger partial charge in [0.15, 0.2) is 0 Å². The Morgan fingerprint density at radius 1 is 1.14 bits per heavy atom. The number of halogens is 1. The van der Waals surface area contributed by atoms with Crippen LogP contribution in [-0.2, 0) is 4.74 Å². The summed E-state index contributed by atoms with van der Waals surface area (Å²) in [6.45, 7) is 2.95. The minimum absolute atomic E-state index is 0.0922. The Labute approximate surface area is 87.0 Å². The summed E-state index contributed by atoms with van der Waals surface area (Å²) in [7, 11) is 0. The van der Waals surface area contributed by atoms with E-state index >= 15 is 0 Å². The minimum Gasteiger partial charge on any atom is -0.375 e. The maximum absolute atomic E-state index is 13.3. The molecule has 0 unspecified atom stereocenters. The molecule has 2 heteroatoms. The molecular weight excluding hydrogens is 179 g/mol. The van der Waals surface area contributed by atoms with E-state index in [1.807, 2.05) is 0 Å². The summed E-state index contributed by atoms with van der Waals surface area (Å²) in [5.41, 5.74) is 0. The predicted octanol–water partition coefficient (Wildman–Crippen LogP) is 3.86. The van der Waals surface area contributed by atoms with Crippen LogP contribution in [0, 0.1) is 0 Å². The number of rotatable bonds is 6. The van der Waals surface area contributed by atoms with Crippen molar-refractivity contribution in [2.24, 2.45) is 0 Å². The summed E-state index contributed by atoms with van der Waals surface area (Å²) in [4.78, 5) is 0. The first-order valence-corrected chi connectivity index (χ1v) is 6.10. The lowest BCUT2D eigenvalue weighted by Crippen LogP contribution is -2.29. The van der Waals surface area contributed by atoms with Crippen LogP contribution in [-0.4, -0.2) is 18.9 Å². The maximum atomic E-state index is 13.3. The summed E-state index contributed by atoms with van der Waals surface area (Å²) in [5.74, 6) is 0. The largest absolute Gasteiger partial charge is 0.375 e. The van der Waals surface area contributed by atoms with Crippen molar-refractivity contribution >= 4 is 0 Å². The molecule has 0 aromatic carbocycles. The average molecular weight is 202 g/mol. The van der Waals surface area contributed by atoms with E-state index in [2.05, 4.69) is 6.92 Å². The first-order chi connectivity index (χ1) is 6.84. The third-order valence-corrected chi connectivity index (χ3v) is 2.95. The van der Waals surface area contributed by atoms with Gasteiger partial charge in [-0.05, 0) is 19.3 Å². The first kappa shape index (κ1) is 12.0. The van der Waals surface area contributed by atoms with E-state index in [0.717, 1.165) is 32.3 Å². The molecule has 0 amide bonds. The number of alkyl halides is 1. The summed E-state index contributed by atoms with van der Waals surface area (Å²) in [5, 5.41) is 0. The summed E-state index contributed by atoms with van der Waals surface area (Å²) in [6, 6.07) is 0. The smallest absolute Gasteiger partial charge is 0.126 e. The van der Waals surface area contributed by atoms with Gasteiger partial charge in [0.25, 0.3) is 0 Å². The molecule has 0 aliphatic heterocycles. The molecule has 0 radical (unpaired) electrons. The van der Waals surface area contributed by atoms with Crippen molar-refractivity contribution < 1.29 is 9.13 Å². The van der Waals surface area contributed by atoms with Crippen molar-refractivity contribution in [3.63, 3.8) is 0 Å². The van der Waals surface area contributed by atoms with Gasteiger partial charge in [0, 0.05) is 6.61 Å². The Morgan fingerprint density at radius 3 is 2.64 bits per heavy atom. The van der Waals surface area contributed by atoms with E-state index in [0.29, 0.717) is 6.42 Å². The minimum atomic E-state index is -0.699. The molecule has 1 aliphatic rings. The molecule has 0 bridgehead atoms. The highest BCUT2D eigenvalue weighted by Crippen LogP contribution is 2.23. The van der Waals surface area contributed by atoms with Crippen molar-refractivity contribution in [3.8, 4) is 0 Å². The van der Waals surface area contributed by atoms with Gasteiger partial charge in [-0.3, -0.25) is 0 Å². The Bertz CT molecular complexity index is 138. The van der Waals surface area contributed by atoms with Gasteiger partial charge in [-0.25, -0.2) is 4.39 Å². The number of unbranched alkanes of at least 4 members (excludes halogenated alkanes) is 3. The molecule has 2 atom stereocenters. The van der Waals surface area contributed by atoms with Crippen LogP contribution >= 0.6 is 0 Å². The SMILES string of the molecule is CCCCCCO[C@@H]1CCCC[C@H]1F. The first-order valence-electron chi connectivity index (χ1n) is 6.10. The zero-order valence-corrected chi connectivity index (χ0v) is 9.30. The monoisotopic (exact) mass is 202 g/mol. The Morgan fingerprint density at radius 2 is 1.93 bits per heavy atom. The molecule has 1 rings (SSSR count). The Kier molecular flexibility index (Phi) is 6.17. The summed E-state index contributed by atoms with van der Waals surface area (Å²) in [6.07, 6.45) is 7.85. The van der Waals surface area contributed by atoms with Gasteiger partial charge in [-0.15, -0.1) is 0 Å². The van der Waals surface area contributed by atoms with E-state index in [4.69, 9.17) is 4.74 Å². The highest BCUT2D eigenvalue weighted by atomic mass is 19.1. The zero-order chi connectivity index (χ0) is 10.2. The second kappa shape index (κ2) is 7.22. The molecule has 1 saturated carbocycles. The van der Waals surface area contributed by atoms with Gasteiger partial charge in [0.05, 0.1) is 6.10 Å². The van der Waals surface area contributed by atoms with Crippen LogP contribution < -0.4 is 0 Å². The molecule has 0 aromatic rings. The molecule has 0 spiro atoms. The zero-order valence-electron chi connectivity index (χ0n) is 9.30. The third kappa shape index (κ3) is 4.41. The highest BCUT2D eigenvalue weighted by Gasteiger charge is 2.24. The molecule has 0 N–H and O–H groups in total. The van der Waals surface area contributed by atoms with Crippen LogP contribution in [0.25, 0.3) is 0 Å². The number of ether oxygens (including phenoxy) is 1. The topological polar surface area (TPSA) is 9.23 Å². The normalized spacial score (nSPS) is 27.9. The van der Waals surface area contributed by atoms with Gasteiger partial charge >= 0.3 is 0 Å². The molecule has 14 heavy (non-hydrogen) atoms. The highest BCUT2D eigenvalue weighted by molar-refractivity contribution is 4.75. The summed E-state index contributed by atoms with van der Waals surface area (Å²) < 4.78 is 18.9. The fourth-order valence-corrected chi connectivity index (χ4v) is 2.00. The predicted molar refractivity (Wildman–Crippen MR) is 57.2 cm³/mol. The van der Waals surface area contributed by atoms with E-state index in [-0.39, 0.29) is 6.10 Å². The fraction of sp³-hybridized carbons (Fsp3) is 1.00. The van der Waals surface area contributed by atoms with Crippen LogP contribution in [0.1, 0.15) is 58.3 Å². The van der Waals surface area contributed by atoms with Crippen LogP contribution in [0.15, 0.2) is 0 Å². The van der Waals surface area contributed by atoms with E-state index in [9.17, 15) is 4.39 Å². The lowest BCUT2D eigenvalue weighted by Gasteiger charge is -2.25. The van der Waals surface area contributed by atoms with Gasteiger partial charge in [0.1, 0.15) is 6.17 Å². The van der Waals surface area contributed by atoms with Gasteiger partial charge in [-0.2, -0.15) is 0 Å². The number of hydrogen-bond acceptors (Lipinski definition) is 1. The third-order valence-electron chi connectivity index (χ3n) is 2.95.